The van der Waals surface area contributed by atoms with Crippen molar-refractivity contribution in [3.05, 3.63) is 35.9 Å². The van der Waals surface area contributed by atoms with Crippen LogP contribution in [-0.4, -0.2) is 53.8 Å². The second-order valence-electron chi connectivity index (χ2n) is 5.13. The Bertz CT molecular complexity index is 467. The Hall–Kier alpha value is -1.88. The summed E-state index contributed by atoms with van der Waals surface area (Å²) in [5, 5.41) is 0. The van der Waals surface area contributed by atoms with Crippen molar-refractivity contribution < 1.29 is 9.59 Å². The molecule has 2 N–H and O–H groups in total. The van der Waals surface area contributed by atoms with E-state index in [4.69, 9.17) is 5.73 Å². The highest BCUT2D eigenvalue weighted by molar-refractivity contribution is 5.82. The zero-order valence-electron chi connectivity index (χ0n) is 11.8. The molecule has 0 unspecified atom stereocenters. The van der Waals surface area contributed by atoms with Crippen LogP contribution >= 0.6 is 0 Å². The van der Waals surface area contributed by atoms with Crippen molar-refractivity contribution >= 4 is 11.8 Å². The highest BCUT2D eigenvalue weighted by atomic mass is 16.2. The molecule has 2 rings (SSSR count). The van der Waals surface area contributed by atoms with Crippen LogP contribution in [0.3, 0.4) is 0 Å². The van der Waals surface area contributed by atoms with E-state index in [1.165, 1.54) is 0 Å². The van der Waals surface area contributed by atoms with Crippen molar-refractivity contribution in [3.8, 4) is 0 Å². The molecule has 0 bridgehead atoms. The van der Waals surface area contributed by atoms with E-state index in [2.05, 4.69) is 0 Å². The average molecular weight is 275 g/mol. The van der Waals surface area contributed by atoms with Crippen LogP contribution < -0.4 is 5.73 Å². The topological polar surface area (TPSA) is 66.6 Å². The molecule has 1 atom stereocenters. The van der Waals surface area contributed by atoms with Gasteiger partial charge in [-0.1, -0.05) is 30.3 Å². The van der Waals surface area contributed by atoms with E-state index in [9.17, 15) is 9.59 Å². The van der Waals surface area contributed by atoms with Gasteiger partial charge in [0.25, 0.3) is 0 Å². The first kappa shape index (κ1) is 14.5. The Kier molecular flexibility index (Phi) is 4.74. The van der Waals surface area contributed by atoms with Crippen LogP contribution in [0.5, 0.6) is 0 Å². The lowest BCUT2D eigenvalue weighted by Gasteiger charge is -2.35. The molecule has 1 fully saturated rings. The lowest BCUT2D eigenvalue weighted by atomic mass is 10.1. The molecule has 1 saturated heterocycles. The Morgan fingerprint density at radius 2 is 1.65 bits per heavy atom. The van der Waals surface area contributed by atoms with Crippen molar-refractivity contribution in [3.63, 3.8) is 0 Å². The number of benzene rings is 1. The van der Waals surface area contributed by atoms with Crippen molar-refractivity contribution in [2.24, 2.45) is 5.73 Å². The van der Waals surface area contributed by atoms with Crippen LogP contribution in [-0.2, 0) is 16.0 Å². The van der Waals surface area contributed by atoms with Crippen LogP contribution in [0, 0.1) is 0 Å². The molecule has 0 aromatic heterocycles. The molecule has 20 heavy (non-hydrogen) atoms. The minimum Gasteiger partial charge on any atom is -0.339 e. The van der Waals surface area contributed by atoms with Crippen LogP contribution in [0.1, 0.15) is 12.5 Å². The third kappa shape index (κ3) is 3.57. The molecule has 1 aliphatic rings. The van der Waals surface area contributed by atoms with Gasteiger partial charge in [-0.15, -0.1) is 0 Å². The van der Waals surface area contributed by atoms with Crippen LogP contribution in [0.25, 0.3) is 0 Å². The van der Waals surface area contributed by atoms with Gasteiger partial charge < -0.3 is 15.5 Å². The maximum absolute atomic E-state index is 12.3. The third-order valence-electron chi connectivity index (χ3n) is 3.65. The Morgan fingerprint density at radius 1 is 1.10 bits per heavy atom. The lowest BCUT2D eigenvalue weighted by molar-refractivity contribution is -0.139. The summed E-state index contributed by atoms with van der Waals surface area (Å²) < 4.78 is 0. The monoisotopic (exact) mass is 275 g/mol. The summed E-state index contributed by atoms with van der Waals surface area (Å²) >= 11 is 0. The molecule has 1 aromatic carbocycles. The van der Waals surface area contributed by atoms with Gasteiger partial charge in [0.05, 0.1) is 6.04 Å². The second-order valence-corrected chi connectivity index (χ2v) is 5.13. The van der Waals surface area contributed by atoms with E-state index in [-0.39, 0.29) is 11.8 Å². The Labute approximate surface area is 119 Å². The van der Waals surface area contributed by atoms with Gasteiger partial charge in [-0.3, -0.25) is 9.59 Å². The fourth-order valence-corrected chi connectivity index (χ4v) is 2.43. The molecule has 0 aliphatic carbocycles. The molecule has 1 aliphatic heterocycles. The van der Waals surface area contributed by atoms with Crippen molar-refractivity contribution in [1.82, 2.24) is 9.80 Å². The van der Waals surface area contributed by atoms with Gasteiger partial charge in [-0.25, -0.2) is 0 Å². The van der Waals surface area contributed by atoms with Crippen LogP contribution in [0.4, 0.5) is 0 Å². The van der Waals surface area contributed by atoms with E-state index in [0.717, 1.165) is 5.56 Å². The maximum Gasteiger partial charge on any atom is 0.239 e. The number of hydrogen-bond acceptors (Lipinski definition) is 3. The smallest absolute Gasteiger partial charge is 0.239 e. The molecule has 5 heteroatoms. The maximum atomic E-state index is 12.3. The zero-order chi connectivity index (χ0) is 14.5. The van der Waals surface area contributed by atoms with E-state index in [0.29, 0.717) is 32.6 Å². The number of piperazine rings is 1. The standard InChI is InChI=1S/C15H21N3O2/c1-12(19)17-7-9-18(10-8-17)15(20)14(16)11-13-5-3-2-4-6-13/h2-6,14H,7-11,16H2,1H3/t14-/m0/s1. The third-order valence-corrected chi connectivity index (χ3v) is 3.65. The fraction of sp³-hybridized carbons (Fsp3) is 0.467. The summed E-state index contributed by atoms with van der Waals surface area (Å²) in [5.74, 6) is 0.0303. The Morgan fingerprint density at radius 3 is 2.20 bits per heavy atom. The van der Waals surface area contributed by atoms with Gasteiger partial charge in [-0.05, 0) is 12.0 Å². The van der Waals surface area contributed by atoms with Gasteiger partial charge in [0.2, 0.25) is 11.8 Å². The predicted octanol–water partition coefficient (Wildman–Crippen LogP) is 0.247. The average Bonchev–Trinajstić information content (AvgIpc) is 2.47. The summed E-state index contributed by atoms with van der Waals surface area (Å²) in [7, 11) is 0. The molecule has 0 spiro atoms. The van der Waals surface area contributed by atoms with Gasteiger partial charge >= 0.3 is 0 Å². The minimum absolute atomic E-state index is 0.0305. The van der Waals surface area contributed by atoms with Gasteiger partial charge in [-0.2, -0.15) is 0 Å². The van der Waals surface area contributed by atoms with E-state index in [1.807, 2.05) is 30.3 Å². The molecular formula is C15H21N3O2. The van der Waals surface area contributed by atoms with E-state index >= 15 is 0 Å². The molecule has 1 aromatic rings. The predicted molar refractivity (Wildman–Crippen MR) is 77.0 cm³/mol. The normalized spacial score (nSPS) is 16.9. The molecule has 108 valence electrons. The lowest BCUT2D eigenvalue weighted by Crippen LogP contribution is -2.54. The number of rotatable bonds is 3. The molecule has 0 radical (unpaired) electrons. The SMILES string of the molecule is CC(=O)N1CCN(C(=O)[C@@H](N)Cc2ccccc2)CC1. The quantitative estimate of drug-likeness (QED) is 0.859. The number of carbonyl (C=O) groups excluding carboxylic acids is 2. The fourth-order valence-electron chi connectivity index (χ4n) is 2.43. The molecular weight excluding hydrogens is 254 g/mol. The first-order valence-corrected chi connectivity index (χ1v) is 6.91. The van der Waals surface area contributed by atoms with Crippen LogP contribution in [0.2, 0.25) is 0 Å². The highest BCUT2D eigenvalue weighted by Crippen LogP contribution is 2.07. The summed E-state index contributed by atoms with van der Waals surface area (Å²) in [6.07, 6.45) is 0.548. The van der Waals surface area contributed by atoms with Crippen molar-refractivity contribution in [2.45, 2.75) is 19.4 Å². The number of nitrogens with zero attached hydrogens (tertiary/aromatic N) is 2. The van der Waals surface area contributed by atoms with Gasteiger partial charge in [0.15, 0.2) is 0 Å². The zero-order valence-corrected chi connectivity index (χ0v) is 11.8. The summed E-state index contributed by atoms with van der Waals surface area (Å²) in [4.78, 5) is 27.0. The van der Waals surface area contributed by atoms with Crippen molar-refractivity contribution in [1.29, 1.82) is 0 Å². The first-order valence-electron chi connectivity index (χ1n) is 6.91. The second kappa shape index (κ2) is 6.52. The van der Waals surface area contributed by atoms with Crippen molar-refractivity contribution in [2.75, 3.05) is 26.2 Å². The van der Waals surface area contributed by atoms with Gasteiger partial charge in [0.1, 0.15) is 0 Å². The number of amides is 2. The van der Waals surface area contributed by atoms with Gasteiger partial charge in [0, 0.05) is 33.1 Å². The minimum atomic E-state index is -0.513. The van der Waals surface area contributed by atoms with E-state index in [1.54, 1.807) is 16.7 Å². The number of hydrogen-bond donors (Lipinski definition) is 1. The Balaban J connectivity index is 1.87. The molecule has 5 nitrogen and oxygen atoms in total. The summed E-state index contributed by atoms with van der Waals surface area (Å²) in [6.45, 7) is 3.89. The van der Waals surface area contributed by atoms with E-state index < -0.39 is 6.04 Å². The van der Waals surface area contributed by atoms with Crippen LogP contribution in [0.15, 0.2) is 30.3 Å². The molecule has 1 heterocycles. The number of nitrogens with two attached hydrogens (primary N) is 1. The highest BCUT2D eigenvalue weighted by Gasteiger charge is 2.25. The summed E-state index contributed by atoms with van der Waals surface area (Å²) in [5.41, 5.74) is 7.07. The number of carbonyl (C=O) groups is 2. The first-order chi connectivity index (χ1) is 9.58. The molecule has 0 saturated carbocycles. The largest absolute Gasteiger partial charge is 0.339 e. The summed E-state index contributed by atoms with van der Waals surface area (Å²) in [6, 6.07) is 9.26. The molecule has 2 amide bonds.